The number of amides is 1. The predicted molar refractivity (Wildman–Crippen MR) is 77.3 cm³/mol. The van der Waals surface area contributed by atoms with Crippen molar-refractivity contribution in [2.24, 2.45) is 0 Å². The van der Waals surface area contributed by atoms with Gasteiger partial charge in [0.05, 0.1) is 13.2 Å². The van der Waals surface area contributed by atoms with E-state index >= 15 is 0 Å². The molecule has 0 atom stereocenters. The number of nitrogens with zero attached hydrogens (tertiary/aromatic N) is 1. The number of ether oxygens (including phenoxy) is 2. The van der Waals surface area contributed by atoms with E-state index in [2.05, 4.69) is 0 Å². The molecule has 6 nitrogen and oxygen atoms in total. The van der Waals surface area contributed by atoms with Crippen LogP contribution < -0.4 is 0 Å². The Balaban J connectivity index is 2.90. The van der Waals surface area contributed by atoms with Crippen LogP contribution in [-0.2, 0) is 14.3 Å². The number of hydrogen-bond donors (Lipinski definition) is 1. The van der Waals surface area contributed by atoms with E-state index in [1.807, 2.05) is 0 Å². The summed E-state index contributed by atoms with van der Waals surface area (Å²) >= 11 is 0. The molecule has 0 saturated heterocycles. The third kappa shape index (κ3) is 5.07. The molecule has 21 heavy (non-hydrogen) atoms. The van der Waals surface area contributed by atoms with Crippen LogP contribution in [0.25, 0.3) is 0 Å². The standard InChI is InChI=1S/C15H21NO5/c1-4-21-14(18)10-16(7-8-20-3)15(19)13-6-5-12(17)9-11(13)2/h5-6,9,17H,4,7-8,10H2,1-3H3. The molecule has 1 rings (SSSR count). The molecular weight excluding hydrogens is 274 g/mol. The number of hydrogen-bond acceptors (Lipinski definition) is 5. The monoisotopic (exact) mass is 295 g/mol. The Morgan fingerprint density at radius 2 is 2.05 bits per heavy atom. The van der Waals surface area contributed by atoms with E-state index in [1.165, 1.54) is 30.2 Å². The molecule has 1 amide bonds. The third-order valence-corrected chi connectivity index (χ3v) is 2.92. The number of esters is 1. The second kappa shape index (κ2) is 8.26. The van der Waals surface area contributed by atoms with Crippen molar-refractivity contribution in [1.29, 1.82) is 0 Å². The molecule has 0 bridgehead atoms. The first kappa shape index (κ1) is 17.0. The van der Waals surface area contributed by atoms with Gasteiger partial charge in [0.25, 0.3) is 5.91 Å². The number of carbonyl (C=O) groups is 2. The van der Waals surface area contributed by atoms with Gasteiger partial charge in [-0.2, -0.15) is 0 Å². The summed E-state index contributed by atoms with van der Waals surface area (Å²) in [5.74, 6) is -0.658. The Bertz CT molecular complexity index is 501. The Morgan fingerprint density at radius 1 is 1.33 bits per heavy atom. The zero-order chi connectivity index (χ0) is 15.8. The molecule has 0 radical (unpaired) electrons. The fraction of sp³-hybridized carbons (Fsp3) is 0.467. The summed E-state index contributed by atoms with van der Waals surface area (Å²) in [6.45, 7) is 4.19. The van der Waals surface area contributed by atoms with Gasteiger partial charge in [0.1, 0.15) is 12.3 Å². The molecule has 0 heterocycles. The van der Waals surface area contributed by atoms with Gasteiger partial charge < -0.3 is 19.5 Å². The van der Waals surface area contributed by atoms with Gasteiger partial charge in [0, 0.05) is 19.2 Å². The molecule has 0 aliphatic heterocycles. The van der Waals surface area contributed by atoms with Crippen molar-refractivity contribution in [3.8, 4) is 5.75 Å². The smallest absolute Gasteiger partial charge is 0.325 e. The second-order valence-corrected chi connectivity index (χ2v) is 4.52. The number of methoxy groups -OCH3 is 1. The number of phenolic OH excluding ortho intramolecular Hbond substituents is 1. The number of carbonyl (C=O) groups excluding carboxylic acids is 2. The molecule has 6 heteroatoms. The van der Waals surface area contributed by atoms with E-state index in [1.54, 1.807) is 13.8 Å². The largest absolute Gasteiger partial charge is 0.508 e. The Morgan fingerprint density at radius 3 is 2.62 bits per heavy atom. The number of aromatic hydroxyl groups is 1. The molecular formula is C15H21NO5. The Kier molecular flexibility index (Phi) is 6.68. The third-order valence-electron chi connectivity index (χ3n) is 2.92. The maximum Gasteiger partial charge on any atom is 0.325 e. The van der Waals surface area contributed by atoms with Gasteiger partial charge in [-0.15, -0.1) is 0 Å². The minimum atomic E-state index is -0.460. The molecule has 1 N–H and O–H groups in total. The lowest BCUT2D eigenvalue weighted by Crippen LogP contribution is -2.39. The van der Waals surface area contributed by atoms with Crippen LogP contribution in [0.1, 0.15) is 22.8 Å². The highest BCUT2D eigenvalue weighted by atomic mass is 16.5. The molecule has 0 aliphatic rings. The van der Waals surface area contributed by atoms with Crippen molar-refractivity contribution >= 4 is 11.9 Å². The van der Waals surface area contributed by atoms with Crippen molar-refractivity contribution in [2.75, 3.05) is 33.4 Å². The van der Waals surface area contributed by atoms with Crippen LogP contribution in [0, 0.1) is 6.92 Å². The zero-order valence-corrected chi connectivity index (χ0v) is 12.6. The number of phenols is 1. The van der Waals surface area contributed by atoms with Crippen molar-refractivity contribution in [3.05, 3.63) is 29.3 Å². The topological polar surface area (TPSA) is 76.1 Å². The molecule has 0 aromatic heterocycles. The minimum absolute atomic E-state index is 0.0953. The van der Waals surface area contributed by atoms with Gasteiger partial charge in [0.15, 0.2) is 0 Å². The van der Waals surface area contributed by atoms with Crippen molar-refractivity contribution in [3.63, 3.8) is 0 Å². The first-order valence-corrected chi connectivity index (χ1v) is 6.73. The van der Waals surface area contributed by atoms with Gasteiger partial charge >= 0.3 is 5.97 Å². The summed E-state index contributed by atoms with van der Waals surface area (Å²) in [5.41, 5.74) is 1.08. The van der Waals surface area contributed by atoms with Crippen molar-refractivity contribution < 1.29 is 24.2 Å². The highest BCUT2D eigenvalue weighted by Gasteiger charge is 2.20. The first-order chi connectivity index (χ1) is 9.99. The maximum atomic E-state index is 12.5. The summed E-state index contributed by atoms with van der Waals surface area (Å²) in [7, 11) is 1.53. The molecule has 0 unspecified atom stereocenters. The van der Waals surface area contributed by atoms with Crippen LogP contribution in [0.2, 0.25) is 0 Å². The minimum Gasteiger partial charge on any atom is -0.508 e. The van der Waals surface area contributed by atoms with Crippen molar-refractivity contribution in [1.82, 2.24) is 4.90 Å². The van der Waals surface area contributed by atoms with Crippen LogP contribution in [0.4, 0.5) is 0 Å². The lowest BCUT2D eigenvalue weighted by molar-refractivity contribution is -0.143. The Labute approximate surface area is 124 Å². The molecule has 0 aliphatic carbocycles. The average molecular weight is 295 g/mol. The quantitative estimate of drug-likeness (QED) is 0.768. The predicted octanol–water partition coefficient (Wildman–Crippen LogP) is 1.35. The summed E-state index contributed by atoms with van der Waals surface area (Å²) in [6, 6.07) is 4.49. The number of aryl methyl sites for hydroxylation is 1. The van der Waals surface area contributed by atoms with Crippen LogP contribution in [0.3, 0.4) is 0 Å². The van der Waals surface area contributed by atoms with Crippen LogP contribution in [0.15, 0.2) is 18.2 Å². The fourth-order valence-electron chi connectivity index (χ4n) is 1.87. The van der Waals surface area contributed by atoms with Gasteiger partial charge in [-0.25, -0.2) is 0 Å². The lowest BCUT2D eigenvalue weighted by Gasteiger charge is -2.22. The first-order valence-electron chi connectivity index (χ1n) is 6.73. The summed E-state index contributed by atoms with van der Waals surface area (Å²) in [6.07, 6.45) is 0. The van der Waals surface area contributed by atoms with Gasteiger partial charge in [-0.05, 0) is 37.6 Å². The number of rotatable bonds is 7. The van der Waals surface area contributed by atoms with Crippen LogP contribution in [0.5, 0.6) is 5.75 Å². The highest BCUT2D eigenvalue weighted by molar-refractivity contribution is 5.97. The highest BCUT2D eigenvalue weighted by Crippen LogP contribution is 2.17. The zero-order valence-electron chi connectivity index (χ0n) is 12.6. The summed E-state index contributed by atoms with van der Waals surface area (Å²) in [4.78, 5) is 25.5. The van der Waals surface area contributed by atoms with E-state index in [0.717, 1.165) is 0 Å². The lowest BCUT2D eigenvalue weighted by atomic mass is 10.1. The van der Waals surface area contributed by atoms with E-state index in [9.17, 15) is 14.7 Å². The molecule has 116 valence electrons. The summed E-state index contributed by atoms with van der Waals surface area (Å²) < 4.78 is 9.84. The normalized spacial score (nSPS) is 10.2. The van der Waals surface area contributed by atoms with Gasteiger partial charge in [-0.1, -0.05) is 0 Å². The molecule has 0 saturated carbocycles. The van der Waals surface area contributed by atoms with E-state index < -0.39 is 5.97 Å². The number of benzene rings is 1. The van der Waals surface area contributed by atoms with Gasteiger partial charge in [0.2, 0.25) is 0 Å². The molecule has 1 aromatic rings. The molecule has 0 fully saturated rings. The van der Waals surface area contributed by atoms with Gasteiger partial charge in [-0.3, -0.25) is 9.59 Å². The van der Waals surface area contributed by atoms with E-state index in [-0.39, 0.29) is 31.4 Å². The average Bonchev–Trinajstić information content (AvgIpc) is 2.43. The molecule has 0 spiro atoms. The molecule has 1 aromatic carbocycles. The second-order valence-electron chi connectivity index (χ2n) is 4.52. The van der Waals surface area contributed by atoms with Crippen LogP contribution >= 0.6 is 0 Å². The Hall–Kier alpha value is -2.08. The SMILES string of the molecule is CCOC(=O)CN(CCOC)C(=O)c1ccc(O)cc1C. The van der Waals surface area contributed by atoms with Crippen LogP contribution in [-0.4, -0.2) is 55.3 Å². The fourth-order valence-corrected chi connectivity index (χ4v) is 1.87. The summed E-state index contributed by atoms with van der Waals surface area (Å²) in [5, 5.41) is 9.40. The van der Waals surface area contributed by atoms with E-state index in [4.69, 9.17) is 9.47 Å². The van der Waals surface area contributed by atoms with Crippen molar-refractivity contribution in [2.45, 2.75) is 13.8 Å². The maximum absolute atomic E-state index is 12.5. The van der Waals surface area contributed by atoms with E-state index in [0.29, 0.717) is 17.7 Å².